The molecule has 1 amide bonds. The van der Waals surface area contributed by atoms with E-state index in [2.05, 4.69) is 26.1 Å². The molecule has 0 saturated carbocycles. The van der Waals surface area contributed by atoms with Gasteiger partial charge >= 0.3 is 0 Å². The fraction of sp³-hybridized carbons (Fsp3) is 0.316. The summed E-state index contributed by atoms with van der Waals surface area (Å²) in [6, 6.07) is 12.6. The highest BCUT2D eigenvalue weighted by Gasteiger charge is 2.35. The topological polar surface area (TPSA) is 54.3 Å². The average molecular weight is 432 g/mol. The molecule has 2 aromatic rings. The molecule has 134 valence electrons. The molecular weight excluding hydrogens is 414 g/mol. The van der Waals surface area contributed by atoms with Gasteiger partial charge in [-0.15, -0.1) is 0 Å². The molecule has 0 radical (unpaired) electrons. The number of carbonyl (C=O) groups excluding carboxylic acids is 1. The molecule has 4 rings (SSSR count). The third-order valence-electron chi connectivity index (χ3n) is 5.09. The molecule has 1 N–H and O–H groups in total. The number of nitrogens with zero attached hydrogens (tertiary/aromatic N) is 2. The van der Waals surface area contributed by atoms with Crippen molar-refractivity contribution in [2.45, 2.75) is 18.9 Å². The van der Waals surface area contributed by atoms with Crippen LogP contribution in [-0.4, -0.2) is 33.6 Å². The van der Waals surface area contributed by atoms with E-state index in [1.165, 1.54) is 0 Å². The zero-order valence-corrected chi connectivity index (χ0v) is 16.4. The lowest BCUT2D eigenvalue weighted by atomic mass is 9.83. The molecule has 5 nitrogen and oxygen atoms in total. The summed E-state index contributed by atoms with van der Waals surface area (Å²) >= 11 is 8.86. The quantitative estimate of drug-likeness (QED) is 0.705. The van der Waals surface area contributed by atoms with Crippen molar-refractivity contribution in [1.29, 1.82) is 0 Å². The lowest BCUT2D eigenvalue weighted by Crippen LogP contribution is -2.52. The van der Waals surface area contributed by atoms with Crippen LogP contribution in [0.15, 0.2) is 51.7 Å². The van der Waals surface area contributed by atoms with Crippen molar-refractivity contribution < 1.29 is 4.79 Å². The van der Waals surface area contributed by atoms with Crippen molar-refractivity contribution in [3.05, 3.63) is 68.5 Å². The highest BCUT2D eigenvalue weighted by atomic mass is 79.9. The summed E-state index contributed by atoms with van der Waals surface area (Å²) in [4.78, 5) is 26.6. The summed E-state index contributed by atoms with van der Waals surface area (Å²) in [5.74, 6) is 0.428. The van der Waals surface area contributed by atoms with Crippen molar-refractivity contribution in [3.8, 4) is 0 Å². The van der Waals surface area contributed by atoms with Gasteiger partial charge < -0.3 is 9.47 Å². The number of rotatable bonds is 1. The normalized spacial score (nSPS) is 21.0. The number of amides is 1. The second-order valence-corrected chi connectivity index (χ2v) is 8.17. The van der Waals surface area contributed by atoms with Crippen molar-refractivity contribution in [2.75, 3.05) is 13.1 Å². The number of hydrogen-bond acceptors (Lipinski definition) is 3. The van der Waals surface area contributed by atoms with Crippen LogP contribution in [0.3, 0.4) is 0 Å². The Bertz CT molecular complexity index is 925. The molecule has 0 spiro atoms. The first kappa shape index (κ1) is 17.4. The van der Waals surface area contributed by atoms with Crippen LogP contribution < -0.4 is 10.9 Å². The molecule has 2 aliphatic heterocycles. The molecule has 0 aliphatic carbocycles. The Balaban J connectivity index is 1.48. The highest BCUT2D eigenvalue weighted by Crippen LogP contribution is 2.34. The summed E-state index contributed by atoms with van der Waals surface area (Å²) in [5.41, 5.74) is 1.71. The average Bonchev–Trinajstić information content (AvgIpc) is 2.63. The first-order valence-corrected chi connectivity index (χ1v) is 9.77. The Morgan fingerprint density at radius 1 is 1.12 bits per heavy atom. The summed E-state index contributed by atoms with van der Waals surface area (Å²) in [5, 5.41) is 3.30. The maximum atomic E-state index is 12.4. The van der Waals surface area contributed by atoms with E-state index >= 15 is 0 Å². The van der Waals surface area contributed by atoms with Gasteiger partial charge in [-0.25, -0.2) is 0 Å². The zero-order chi connectivity index (χ0) is 18.3. The minimum Gasteiger partial charge on any atom is -0.348 e. The monoisotopic (exact) mass is 431 g/mol. The predicted molar refractivity (Wildman–Crippen MR) is 107 cm³/mol. The van der Waals surface area contributed by atoms with Crippen LogP contribution in [0, 0.1) is 5.92 Å². The third-order valence-corrected chi connectivity index (χ3v) is 5.98. The maximum absolute atomic E-state index is 12.4. The molecule has 3 heterocycles. The first-order chi connectivity index (χ1) is 12.5. The standard InChI is InChI=1S/C19H18BrN3O2S/c20-15-6-4-13(5-7-15)18(25)21-19(26)22-9-12-8-14(11-22)16-2-1-3-17(24)23(16)10-12/h1-7,12,14H,8-11H2,(H,21,25,26)/t12-,14+/m1/s1. The van der Waals surface area contributed by atoms with Crippen LogP contribution in [0.4, 0.5) is 0 Å². The molecular formula is C19H18BrN3O2S. The van der Waals surface area contributed by atoms with Gasteiger partial charge in [0.2, 0.25) is 0 Å². The highest BCUT2D eigenvalue weighted by molar-refractivity contribution is 9.10. The first-order valence-electron chi connectivity index (χ1n) is 8.57. The number of likely N-dealkylation sites (tertiary alicyclic amines) is 1. The molecule has 1 aromatic carbocycles. The second kappa shape index (κ2) is 6.96. The van der Waals surface area contributed by atoms with Gasteiger partial charge in [0.05, 0.1) is 0 Å². The summed E-state index contributed by atoms with van der Waals surface area (Å²) in [7, 11) is 0. The fourth-order valence-electron chi connectivity index (χ4n) is 3.91. The van der Waals surface area contributed by atoms with Crippen LogP contribution in [-0.2, 0) is 6.54 Å². The lowest BCUT2D eigenvalue weighted by Gasteiger charge is -2.43. The maximum Gasteiger partial charge on any atom is 0.257 e. The molecule has 2 bridgehead atoms. The van der Waals surface area contributed by atoms with E-state index < -0.39 is 0 Å². The summed E-state index contributed by atoms with van der Waals surface area (Å²) in [6.07, 6.45) is 1.06. The van der Waals surface area contributed by atoms with E-state index in [1.807, 2.05) is 28.8 Å². The van der Waals surface area contributed by atoms with E-state index in [9.17, 15) is 9.59 Å². The number of piperidine rings is 1. The van der Waals surface area contributed by atoms with Crippen LogP contribution in [0.5, 0.6) is 0 Å². The van der Waals surface area contributed by atoms with Crippen LogP contribution in [0.1, 0.15) is 28.4 Å². The summed E-state index contributed by atoms with van der Waals surface area (Å²) in [6.45, 7) is 2.20. The number of halogens is 1. The number of benzene rings is 1. The number of carbonyl (C=O) groups is 1. The Morgan fingerprint density at radius 2 is 1.88 bits per heavy atom. The minimum atomic E-state index is -0.199. The number of thiocarbonyl (C=S) groups is 1. The fourth-order valence-corrected chi connectivity index (χ4v) is 4.42. The zero-order valence-electron chi connectivity index (χ0n) is 14.0. The second-order valence-electron chi connectivity index (χ2n) is 6.87. The largest absolute Gasteiger partial charge is 0.348 e. The van der Waals surface area contributed by atoms with Crippen LogP contribution in [0.25, 0.3) is 0 Å². The third kappa shape index (κ3) is 3.33. The van der Waals surface area contributed by atoms with E-state index in [0.717, 1.165) is 29.7 Å². The predicted octanol–water partition coefficient (Wildman–Crippen LogP) is 2.74. The van der Waals surface area contributed by atoms with E-state index in [-0.39, 0.29) is 17.4 Å². The summed E-state index contributed by atoms with van der Waals surface area (Å²) < 4.78 is 2.81. The van der Waals surface area contributed by atoms with E-state index in [0.29, 0.717) is 23.1 Å². The molecule has 7 heteroatoms. The Labute approximate surface area is 165 Å². The number of fused-ring (bicyclic) bond motifs is 4. The van der Waals surface area contributed by atoms with Gasteiger partial charge in [-0.1, -0.05) is 22.0 Å². The number of hydrogen-bond donors (Lipinski definition) is 1. The van der Waals surface area contributed by atoms with E-state index in [4.69, 9.17) is 12.2 Å². The van der Waals surface area contributed by atoms with Crippen molar-refractivity contribution >= 4 is 39.2 Å². The van der Waals surface area contributed by atoms with E-state index in [1.54, 1.807) is 18.2 Å². The van der Waals surface area contributed by atoms with Crippen molar-refractivity contribution in [3.63, 3.8) is 0 Å². The number of aromatic nitrogens is 1. The molecule has 1 aromatic heterocycles. The SMILES string of the molecule is O=C(NC(=S)N1C[C@H]2C[C@@H](C1)c1cccc(=O)n1C2)c1ccc(Br)cc1. The Hall–Kier alpha value is -1.99. The number of nitrogens with one attached hydrogen (secondary N) is 1. The molecule has 2 atom stereocenters. The van der Waals surface area contributed by atoms with Crippen molar-refractivity contribution in [2.24, 2.45) is 5.92 Å². The molecule has 1 fully saturated rings. The van der Waals surface area contributed by atoms with Gasteiger partial charge in [0.25, 0.3) is 11.5 Å². The number of pyridine rings is 1. The van der Waals surface area contributed by atoms with Gasteiger partial charge in [0.15, 0.2) is 5.11 Å². The molecule has 2 aliphatic rings. The molecule has 0 unspecified atom stereocenters. The Kier molecular flexibility index (Phi) is 4.67. The van der Waals surface area contributed by atoms with Crippen LogP contribution in [0.2, 0.25) is 0 Å². The van der Waals surface area contributed by atoms with Gasteiger partial charge in [-0.2, -0.15) is 0 Å². The smallest absolute Gasteiger partial charge is 0.257 e. The lowest BCUT2D eigenvalue weighted by molar-refractivity contribution is 0.0968. The van der Waals surface area contributed by atoms with Crippen molar-refractivity contribution in [1.82, 2.24) is 14.8 Å². The minimum absolute atomic E-state index is 0.0665. The van der Waals surface area contributed by atoms with Gasteiger partial charge in [-0.05, 0) is 54.9 Å². The van der Waals surface area contributed by atoms with Gasteiger partial charge in [-0.3, -0.25) is 14.9 Å². The van der Waals surface area contributed by atoms with Gasteiger partial charge in [0.1, 0.15) is 0 Å². The Morgan fingerprint density at radius 3 is 2.65 bits per heavy atom. The van der Waals surface area contributed by atoms with Gasteiger partial charge in [0, 0.05) is 47.3 Å². The van der Waals surface area contributed by atoms with Crippen LogP contribution >= 0.6 is 28.1 Å². The molecule has 26 heavy (non-hydrogen) atoms. The molecule has 1 saturated heterocycles.